The molecular weight excluding hydrogens is 342 g/mol. The Bertz CT molecular complexity index is 771. The molecule has 142 valence electrons. The van der Waals surface area contributed by atoms with E-state index in [9.17, 15) is 19.5 Å². The summed E-state index contributed by atoms with van der Waals surface area (Å²) in [5, 5.41) is 9.63. The van der Waals surface area contributed by atoms with Crippen LogP contribution in [-0.4, -0.2) is 40.3 Å². The first-order valence-corrected chi connectivity index (χ1v) is 9.04. The normalized spacial score (nSPS) is 11.8. The maximum Gasteiger partial charge on any atom is 0.326 e. The van der Waals surface area contributed by atoms with Gasteiger partial charge in [0.2, 0.25) is 5.91 Å². The highest BCUT2D eigenvalue weighted by Gasteiger charge is 2.33. The second-order valence-electron chi connectivity index (χ2n) is 6.82. The van der Waals surface area contributed by atoms with Crippen LogP contribution in [0.25, 0.3) is 0 Å². The molecule has 0 aromatic heterocycles. The monoisotopic (exact) mass is 367 g/mol. The number of amides is 1. The van der Waals surface area contributed by atoms with Crippen molar-refractivity contribution < 1.29 is 19.5 Å². The van der Waals surface area contributed by atoms with E-state index in [0.717, 1.165) is 5.56 Å². The van der Waals surface area contributed by atoms with E-state index in [1.54, 1.807) is 44.2 Å². The third-order valence-corrected chi connectivity index (χ3v) is 4.42. The highest BCUT2D eigenvalue weighted by atomic mass is 16.4. The molecule has 0 aliphatic rings. The number of ketones is 1. The van der Waals surface area contributed by atoms with E-state index in [1.807, 2.05) is 30.3 Å². The third-order valence-electron chi connectivity index (χ3n) is 4.42. The number of carboxylic acids is 1. The number of carboxylic acid groups (broad SMARTS) is 1. The lowest BCUT2D eigenvalue weighted by molar-refractivity contribution is -0.151. The quantitative estimate of drug-likeness (QED) is 0.689. The smallest absolute Gasteiger partial charge is 0.326 e. The molecule has 5 nitrogen and oxygen atoms in total. The molecule has 0 radical (unpaired) electrons. The summed E-state index contributed by atoms with van der Waals surface area (Å²) < 4.78 is 0. The van der Waals surface area contributed by atoms with E-state index in [0.29, 0.717) is 12.0 Å². The van der Waals surface area contributed by atoms with Crippen molar-refractivity contribution in [3.8, 4) is 0 Å². The summed E-state index contributed by atoms with van der Waals surface area (Å²) in [6, 6.07) is 17.1. The summed E-state index contributed by atoms with van der Waals surface area (Å²) in [4.78, 5) is 38.4. The zero-order valence-corrected chi connectivity index (χ0v) is 15.7. The van der Waals surface area contributed by atoms with Gasteiger partial charge in [-0.3, -0.25) is 9.59 Å². The molecule has 2 rings (SSSR count). The zero-order chi connectivity index (χ0) is 19.8. The molecule has 1 unspecified atom stereocenters. The third kappa shape index (κ3) is 5.78. The van der Waals surface area contributed by atoms with Crippen LogP contribution in [0.3, 0.4) is 0 Å². The minimum absolute atomic E-state index is 0.155. The average molecular weight is 367 g/mol. The van der Waals surface area contributed by atoms with E-state index in [2.05, 4.69) is 0 Å². The summed E-state index contributed by atoms with van der Waals surface area (Å²) >= 11 is 0. The first-order chi connectivity index (χ1) is 12.9. The average Bonchev–Trinajstić information content (AvgIpc) is 2.66. The van der Waals surface area contributed by atoms with Crippen molar-refractivity contribution >= 4 is 17.7 Å². The van der Waals surface area contributed by atoms with Crippen LogP contribution in [0.2, 0.25) is 0 Å². The number of aryl methyl sites for hydroxylation is 1. The van der Waals surface area contributed by atoms with Gasteiger partial charge in [-0.15, -0.1) is 0 Å². The number of rotatable bonds is 9. The Morgan fingerprint density at radius 3 is 2.00 bits per heavy atom. The van der Waals surface area contributed by atoms with E-state index in [1.165, 1.54) is 4.90 Å². The van der Waals surface area contributed by atoms with Crippen LogP contribution < -0.4 is 0 Å². The van der Waals surface area contributed by atoms with Gasteiger partial charge in [0.25, 0.3) is 0 Å². The van der Waals surface area contributed by atoms with Crippen LogP contribution in [0, 0.1) is 5.92 Å². The SMILES string of the molecule is CC(C)C(C(=O)O)N(CC(=O)c1ccccc1)C(=O)CCc1ccccc1. The van der Waals surface area contributed by atoms with Crippen LogP contribution in [0.15, 0.2) is 60.7 Å². The lowest BCUT2D eigenvalue weighted by Gasteiger charge is -2.31. The number of Topliss-reactive ketones (excluding diaryl/α,β-unsaturated/α-hetero) is 1. The second-order valence-corrected chi connectivity index (χ2v) is 6.82. The van der Waals surface area contributed by atoms with Gasteiger partial charge in [0.15, 0.2) is 5.78 Å². The topological polar surface area (TPSA) is 74.7 Å². The van der Waals surface area contributed by atoms with Crippen LogP contribution >= 0.6 is 0 Å². The summed E-state index contributed by atoms with van der Waals surface area (Å²) in [5.41, 5.74) is 1.46. The molecule has 0 heterocycles. The molecule has 1 N–H and O–H groups in total. The summed E-state index contributed by atoms with van der Waals surface area (Å²) in [6.07, 6.45) is 0.655. The van der Waals surface area contributed by atoms with Crippen molar-refractivity contribution in [1.82, 2.24) is 4.90 Å². The maximum atomic E-state index is 12.8. The molecule has 2 aromatic carbocycles. The Morgan fingerprint density at radius 2 is 1.48 bits per heavy atom. The van der Waals surface area contributed by atoms with Gasteiger partial charge in [-0.25, -0.2) is 4.79 Å². The van der Waals surface area contributed by atoms with Gasteiger partial charge in [-0.05, 0) is 17.9 Å². The lowest BCUT2D eigenvalue weighted by Crippen LogP contribution is -2.50. The number of carbonyl (C=O) groups is 3. The molecule has 0 saturated heterocycles. The number of hydrogen-bond donors (Lipinski definition) is 1. The molecule has 2 aromatic rings. The highest BCUT2D eigenvalue weighted by molar-refractivity contribution is 6.00. The van der Waals surface area contributed by atoms with E-state index in [-0.39, 0.29) is 30.6 Å². The van der Waals surface area contributed by atoms with Crippen molar-refractivity contribution in [3.63, 3.8) is 0 Å². The number of nitrogens with zero attached hydrogens (tertiary/aromatic N) is 1. The van der Waals surface area contributed by atoms with E-state index < -0.39 is 12.0 Å². The van der Waals surface area contributed by atoms with Gasteiger partial charge >= 0.3 is 5.97 Å². The molecular formula is C22H25NO4. The van der Waals surface area contributed by atoms with Crippen molar-refractivity contribution in [2.24, 2.45) is 5.92 Å². The molecule has 1 atom stereocenters. The fourth-order valence-electron chi connectivity index (χ4n) is 3.03. The lowest BCUT2D eigenvalue weighted by atomic mass is 10.00. The molecule has 5 heteroatoms. The van der Waals surface area contributed by atoms with Crippen LogP contribution in [0.4, 0.5) is 0 Å². The molecule has 0 aliphatic heterocycles. The molecule has 0 bridgehead atoms. The predicted octanol–water partition coefficient (Wildman–Crippen LogP) is 3.44. The fourth-order valence-corrected chi connectivity index (χ4v) is 3.03. The number of hydrogen-bond acceptors (Lipinski definition) is 3. The first-order valence-electron chi connectivity index (χ1n) is 9.04. The highest BCUT2D eigenvalue weighted by Crippen LogP contribution is 2.16. The molecule has 0 saturated carbocycles. The standard InChI is InChI=1S/C22H25NO4/c1-16(2)21(22(26)27)23(15-19(24)18-11-7-4-8-12-18)20(25)14-13-17-9-5-3-6-10-17/h3-12,16,21H,13-15H2,1-2H3,(H,26,27). The van der Waals surface area contributed by atoms with Crippen LogP contribution in [0.5, 0.6) is 0 Å². The van der Waals surface area contributed by atoms with Crippen LogP contribution in [-0.2, 0) is 16.0 Å². The first kappa shape index (κ1) is 20.4. The minimum Gasteiger partial charge on any atom is -0.480 e. The molecule has 1 amide bonds. The summed E-state index contributed by atoms with van der Waals surface area (Å²) in [5.74, 6) is -2.01. The minimum atomic E-state index is -1.10. The number of carbonyl (C=O) groups excluding carboxylic acids is 2. The maximum absolute atomic E-state index is 12.8. The summed E-state index contributed by atoms with van der Waals surface area (Å²) in [7, 11) is 0. The molecule has 0 fully saturated rings. The van der Waals surface area contributed by atoms with Gasteiger partial charge in [-0.2, -0.15) is 0 Å². The Morgan fingerprint density at radius 1 is 0.926 bits per heavy atom. The van der Waals surface area contributed by atoms with Crippen molar-refractivity contribution in [1.29, 1.82) is 0 Å². The van der Waals surface area contributed by atoms with Crippen molar-refractivity contribution in [2.75, 3.05) is 6.54 Å². The number of benzene rings is 2. The number of aliphatic carboxylic acids is 1. The molecule has 0 spiro atoms. The molecule has 27 heavy (non-hydrogen) atoms. The Kier molecular flexibility index (Phi) is 7.29. The second kappa shape index (κ2) is 9.67. The Balaban J connectivity index is 2.19. The summed E-state index contributed by atoms with van der Waals surface area (Å²) in [6.45, 7) is 3.24. The van der Waals surface area contributed by atoms with Gasteiger partial charge in [0.05, 0.1) is 6.54 Å². The van der Waals surface area contributed by atoms with Crippen molar-refractivity contribution in [3.05, 3.63) is 71.8 Å². The van der Waals surface area contributed by atoms with E-state index in [4.69, 9.17) is 0 Å². The Hall–Kier alpha value is -2.95. The zero-order valence-electron chi connectivity index (χ0n) is 15.7. The fraction of sp³-hybridized carbons (Fsp3) is 0.318. The predicted molar refractivity (Wildman–Crippen MR) is 104 cm³/mol. The van der Waals surface area contributed by atoms with Gasteiger partial charge in [-0.1, -0.05) is 74.5 Å². The largest absolute Gasteiger partial charge is 0.480 e. The molecule has 0 aliphatic carbocycles. The van der Waals surface area contributed by atoms with Gasteiger partial charge in [0, 0.05) is 12.0 Å². The van der Waals surface area contributed by atoms with Crippen LogP contribution in [0.1, 0.15) is 36.2 Å². The van der Waals surface area contributed by atoms with E-state index >= 15 is 0 Å². The van der Waals surface area contributed by atoms with Crippen molar-refractivity contribution in [2.45, 2.75) is 32.7 Å². The van der Waals surface area contributed by atoms with Gasteiger partial charge in [0.1, 0.15) is 6.04 Å². The Labute approximate surface area is 159 Å². The van der Waals surface area contributed by atoms with Gasteiger partial charge < -0.3 is 10.0 Å².